The highest BCUT2D eigenvalue weighted by Crippen LogP contribution is 2.33. The Balaban J connectivity index is 1.47. The Morgan fingerprint density at radius 1 is 1.03 bits per heavy atom. The molecule has 0 N–H and O–H groups in total. The molecule has 0 atom stereocenters. The molecule has 5 rings (SSSR count). The first-order valence-electron chi connectivity index (χ1n) is 11.6. The lowest BCUT2D eigenvalue weighted by atomic mass is 9.99. The van der Waals surface area contributed by atoms with Crippen LogP contribution in [0.5, 0.6) is 11.6 Å². The van der Waals surface area contributed by atoms with Crippen molar-refractivity contribution in [1.29, 1.82) is 0 Å². The van der Waals surface area contributed by atoms with Crippen LogP contribution in [0, 0.1) is 17.6 Å². The van der Waals surface area contributed by atoms with Gasteiger partial charge in [-0.1, -0.05) is 25.1 Å². The summed E-state index contributed by atoms with van der Waals surface area (Å²) in [4.78, 5) is 26.3. The Kier molecular flexibility index (Phi) is 6.13. The summed E-state index contributed by atoms with van der Waals surface area (Å²) in [7, 11) is 0. The van der Waals surface area contributed by atoms with Crippen molar-refractivity contribution in [2.45, 2.75) is 32.7 Å². The summed E-state index contributed by atoms with van der Waals surface area (Å²) in [6.07, 6.45) is 2.66. The van der Waals surface area contributed by atoms with Crippen molar-refractivity contribution in [2.24, 2.45) is 5.92 Å². The summed E-state index contributed by atoms with van der Waals surface area (Å²) in [6.45, 7) is 4.59. The lowest BCUT2D eigenvalue weighted by Crippen LogP contribution is -2.38. The van der Waals surface area contributed by atoms with Crippen molar-refractivity contribution < 1.29 is 18.3 Å². The molecule has 1 fully saturated rings. The van der Waals surface area contributed by atoms with Gasteiger partial charge in [0, 0.05) is 32.1 Å². The highest BCUT2D eigenvalue weighted by molar-refractivity contribution is 5.94. The van der Waals surface area contributed by atoms with E-state index in [1.54, 1.807) is 0 Å². The van der Waals surface area contributed by atoms with Gasteiger partial charge in [0.15, 0.2) is 0 Å². The number of rotatable bonds is 4. The summed E-state index contributed by atoms with van der Waals surface area (Å²) < 4.78 is 33.7. The van der Waals surface area contributed by atoms with E-state index in [1.165, 1.54) is 11.0 Å². The number of fused-ring (bicyclic) bond motifs is 1. The molecule has 8 heteroatoms. The van der Waals surface area contributed by atoms with Crippen molar-refractivity contribution in [3.05, 3.63) is 77.0 Å². The molecule has 176 valence electrons. The fraction of sp³-hybridized carbons (Fsp3) is 0.346. The molecule has 3 aromatic rings. The molecule has 2 aliphatic heterocycles. The molecule has 2 aliphatic rings. The van der Waals surface area contributed by atoms with Crippen LogP contribution in [0.2, 0.25) is 0 Å². The van der Waals surface area contributed by atoms with Gasteiger partial charge >= 0.3 is 0 Å². The smallest absolute Gasteiger partial charge is 0.257 e. The number of hydrogen-bond acceptors (Lipinski definition) is 5. The predicted molar refractivity (Wildman–Crippen MR) is 124 cm³/mol. The van der Waals surface area contributed by atoms with Crippen LogP contribution in [0.25, 0.3) is 0 Å². The molecule has 1 amide bonds. The lowest BCUT2D eigenvalue weighted by molar-refractivity contribution is 0.0727. The molecule has 0 saturated carbocycles. The van der Waals surface area contributed by atoms with Gasteiger partial charge in [0.1, 0.15) is 17.4 Å². The number of benzene rings is 2. The van der Waals surface area contributed by atoms with Gasteiger partial charge in [-0.05, 0) is 43.0 Å². The second-order valence-corrected chi connectivity index (χ2v) is 8.94. The van der Waals surface area contributed by atoms with Crippen LogP contribution in [-0.4, -0.2) is 40.4 Å². The van der Waals surface area contributed by atoms with Gasteiger partial charge in [0.2, 0.25) is 11.8 Å². The topological polar surface area (TPSA) is 58.6 Å². The van der Waals surface area contributed by atoms with Gasteiger partial charge in [-0.25, -0.2) is 13.8 Å². The number of hydrogen-bond donors (Lipinski definition) is 0. The summed E-state index contributed by atoms with van der Waals surface area (Å²) in [5.74, 6) is 0.271. The fourth-order valence-corrected chi connectivity index (χ4v) is 4.41. The van der Waals surface area contributed by atoms with Crippen LogP contribution in [-0.2, 0) is 13.0 Å². The molecule has 0 aliphatic carbocycles. The number of ether oxygens (including phenoxy) is 1. The molecule has 6 nitrogen and oxygen atoms in total. The molecule has 34 heavy (non-hydrogen) atoms. The largest absolute Gasteiger partial charge is 0.438 e. The van der Waals surface area contributed by atoms with E-state index in [4.69, 9.17) is 14.7 Å². The van der Waals surface area contributed by atoms with Crippen LogP contribution >= 0.6 is 0 Å². The number of piperidine rings is 1. The Hall–Kier alpha value is -3.55. The first kappa shape index (κ1) is 22.3. The Morgan fingerprint density at radius 3 is 2.53 bits per heavy atom. The number of halogens is 2. The number of aromatic nitrogens is 2. The number of amides is 1. The van der Waals surface area contributed by atoms with Gasteiger partial charge in [0.05, 0.1) is 23.4 Å². The van der Waals surface area contributed by atoms with E-state index in [2.05, 4.69) is 11.8 Å². The molecule has 1 saturated heterocycles. The van der Waals surface area contributed by atoms with E-state index in [-0.39, 0.29) is 12.1 Å². The van der Waals surface area contributed by atoms with E-state index in [0.29, 0.717) is 42.0 Å². The first-order chi connectivity index (χ1) is 16.5. The normalized spacial score (nSPS) is 16.3. The van der Waals surface area contributed by atoms with Gasteiger partial charge in [-0.15, -0.1) is 0 Å². The van der Waals surface area contributed by atoms with E-state index in [9.17, 15) is 13.6 Å². The molecular formula is C26H26F2N4O2. The third-order valence-electron chi connectivity index (χ3n) is 6.48. The zero-order valence-corrected chi connectivity index (χ0v) is 19.0. The second kappa shape index (κ2) is 9.37. The fourth-order valence-electron chi connectivity index (χ4n) is 4.41. The standard InChI is InChI=1S/C26H26F2N4O2/c1-17-9-12-31(13-10-17)26-29-23-11-14-32(25(33)20-8-7-18(27)15-22(20)28)16-21(23)24(30-26)34-19-5-3-2-4-6-19/h2-8,15,17H,9-14,16H2,1H3. The minimum absolute atomic E-state index is 0.157. The van der Waals surface area contributed by atoms with Gasteiger partial charge in [-0.3, -0.25) is 4.79 Å². The lowest BCUT2D eigenvalue weighted by Gasteiger charge is -2.33. The van der Waals surface area contributed by atoms with Crippen LogP contribution < -0.4 is 9.64 Å². The quantitative estimate of drug-likeness (QED) is 0.545. The molecule has 3 heterocycles. The van der Waals surface area contributed by atoms with Crippen molar-refractivity contribution in [3.8, 4) is 11.6 Å². The average Bonchev–Trinajstić information content (AvgIpc) is 2.84. The maximum absolute atomic E-state index is 14.3. The first-order valence-corrected chi connectivity index (χ1v) is 11.6. The van der Waals surface area contributed by atoms with E-state index < -0.39 is 17.5 Å². The molecule has 0 radical (unpaired) electrons. The number of carbonyl (C=O) groups is 1. The number of anilines is 1. The van der Waals surface area contributed by atoms with Crippen molar-refractivity contribution >= 4 is 11.9 Å². The molecule has 2 aromatic carbocycles. The van der Waals surface area contributed by atoms with Crippen LogP contribution in [0.4, 0.5) is 14.7 Å². The van der Waals surface area contributed by atoms with Crippen LogP contribution in [0.15, 0.2) is 48.5 Å². The zero-order valence-electron chi connectivity index (χ0n) is 19.0. The monoisotopic (exact) mass is 464 g/mol. The molecule has 0 unspecified atom stereocenters. The van der Waals surface area contributed by atoms with Crippen molar-refractivity contribution in [3.63, 3.8) is 0 Å². The van der Waals surface area contributed by atoms with Crippen molar-refractivity contribution in [1.82, 2.24) is 14.9 Å². The van der Waals surface area contributed by atoms with Crippen molar-refractivity contribution in [2.75, 3.05) is 24.5 Å². The number of para-hydroxylation sites is 1. The average molecular weight is 465 g/mol. The maximum Gasteiger partial charge on any atom is 0.257 e. The molecule has 0 bridgehead atoms. The highest BCUT2D eigenvalue weighted by atomic mass is 19.1. The van der Waals surface area contributed by atoms with Gasteiger partial charge in [0.25, 0.3) is 5.91 Å². The summed E-state index contributed by atoms with van der Waals surface area (Å²) in [6, 6.07) is 12.3. The summed E-state index contributed by atoms with van der Waals surface area (Å²) >= 11 is 0. The van der Waals surface area contributed by atoms with E-state index in [0.717, 1.165) is 43.8 Å². The zero-order chi connectivity index (χ0) is 23.7. The third-order valence-corrected chi connectivity index (χ3v) is 6.48. The Morgan fingerprint density at radius 2 is 1.79 bits per heavy atom. The SMILES string of the molecule is CC1CCN(c2nc3c(c(Oc4ccccc4)n2)CN(C(=O)c2ccc(F)cc2F)CC3)CC1. The summed E-state index contributed by atoms with van der Waals surface area (Å²) in [5.41, 5.74) is 1.38. The van der Waals surface area contributed by atoms with Crippen LogP contribution in [0.1, 0.15) is 41.4 Å². The summed E-state index contributed by atoms with van der Waals surface area (Å²) in [5, 5.41) is 0. The van der Waals surface area contributed by atoms with E-state index >= 15 is 0 Å². The molecular weight excluding hydrogens is 438 g/mol. The molecule has 1 aromatic heterocycles. The predicted octanol–water partition coefficient (Wildman–Crippen LogP) is 4.98. The Labute approximate surface area is 197 Å². The minimum Gasteiger partial charge on any atom is -0.438 e. The Bertz CT molecular complexity index is 1200. The van der Waals surface area contributed by atoms with Gasteiger partial charge < -0.3 is 14.5 Å². The van der Waals surface area contributed by atoms with E-state index in [1.807, 2.05) is 30.3 Å². The highest BCUT2D eigenvalue weighted by Gasteiger charge is 2.30. The second-order valence-electron chi connectivity index (χ2n) is 8.94. The van der Waals surface area contributed by atoms with Gasteiger partial charge in [-0.2, -0.15) is 4.98 Å². The number of carbonyl (C=O) groups excluding carboxylic acids is 1. The molecule has 0 spiro atoms. The van der Waals surface area contributed by atoms with Crippen LogP contribution in [0.3, 0.4) is 0 Å². The number of nitrogens with zero attached hydrogens (tertiary/aromatic N) is 4. The third kappa shape index (κ3) is 4.58. The maximum atomic E-state index is 14.3. The minimum atomic E-state index is -0.873.